The van der Waals surface area contributed by atoms with Crippen LogP contribution < -0.4 is 0 Å². The quantitative estimate of drug-likeness (QED) is 0.648. The third kappa shape index (κ3) is 4.51. The van der Waals surface area contributed by atoms with Crippen LogP contribution in [0, 0.1) is 5.92 Å². The Morgan fingerprint density at radius 2 is 1.66 bits per heavy atom. The lowest BCUT2D eigenvalue weighted by atomic mass is 9.94. The predicted octanol–water partition coefficient (Wildman–Crippen LogP) is 4.34. The molecule has 0 N–H and O–H groups in total. The molecule has 32 heavy (non-hydrogen) atoms. The van der Waals surface area contributed by atoms with E-state index < -0.39 is 26.7 Å². The Bertz CT molecular complexity index is 1130. The van der Waals surface area contributed by atoms with E-state index in [4.69, 9.17) is 11.6 Å². The van der Waals surface area contributed by atoms with Crippen molar-refractivity contribution >= 4 is 27.5 Å². The molecule has 2 aliphatic rings. The number of hydrogen-bond donors (Lipinski definition) is 0. The number of carbonyl (C=O) groups is 1. The Hall–Kier alpha value is -2.10. The Balaban J connectivity index is 1.46. The standard InChI is InChI=1S/C22H22ClF3N2O3S/c23-18-5-6-20(19(13-18)22(24,25)26)32(30,31)28-11-8-16(9-12-28)21(29)27-10-7-15-3-1-2-4-17(15)14-27/h1-6,13,16H,7-12,14H2. The van der Waals surface area contributed by atoms with Gasteiger partial charge in [-0.05, 0) is 48.6 Å². The Morgan fingerprint density at radius 3 is 2.31 bits per heavy atom. The lowest BCUT2D eigenvalue weighted by Gasteiger charge is -2.36. The van der Waals surface area contributed by atoms with Gasteiger partial charge in [0.2, 0.25) is 15.9 Å². The fourth-order valence-electron chi connectivity index (χ4n) is 4.37. The number of nitrogens with zero attached hydrogens (tertiary/aromatic N) is 2. The van der Waals surface area contributed by atoms with Crippen LogP contribution in [-0.4, -0.2) is 43.2 Å². The summed E-state index contributed by atoms with van der Waals surface area (Å²) in [6.07, 6.45) is -3.55. The molecular formula is C22H22ClF3N2O3S. The minimum Gasteiger partial charge on any atom is -0.338 e. The number of benzene rings is 2. The molecule has 2 aromatic carbocycles. The van der Waals surface area contributed by atoms with Crippen molar-refractivity contribution in [3.63, 3.8) is 0 Å². The largest absolute Gasteiger partial charge is 0.417 e. The van der Waals surface area contributed by atoms with Gasteiger partial charge in [-0.25, -0.2) is 8.42 Å². The highest BCUT2D eigenvalue weighted by atomic mass is 35.5. The molecule has 0 atom stereocenters. The Morgan fingerprint density at radius 1 is 1.00 bits per heavy atom. The third-order valence-electron chi connectivity index (χ3n) is 6.11. The number of sulfonamides is 1. The van der Waals surface area contributed by atoms with E-state index in [0.717, 1.165) is 28.4 Å². The minimum absolute atomic E-state index is 0.0108. The van der Waals surface area contributed by atoms with Gasteiger partial charge in [-0.15, -0.1) is 0 Å². The van der Waals surface area contributed by atoms with E-state index in [1.165, 1.54) is 5.56 Å². The van der Waals surface area contributed by atoms with Crippen LogP contribution in [-0.2, 0) is 34.0 Å². The average molecular weight is 487 g/mol. The predicted molar refractivity (Wildman–Crippen MR) is 113 cm³/mol. The van der Waals surface area contributed by atoms with Crippen molar-refractivity contribution in [3.8, 4) is 0 Å². The lowest BCUT2D eigenvalue weighted by molar-refractivity contribution is -0.140. The number of hydrogen-bond acceptors (Lipinski definition) is 3. The summed E-state index contributed by atoms with van der Waals surface area (Å²) in [5.41, 5.74) is 1.05. The Kier molecular flexibility index (Phi) is 6.26. The summed E-state index contributed by atoms with van der Waals surface area (Å²) in [5.74, 6) is -0.377. The molecule has 4 rings (SSSR count). The van der Waals surface area contributed by atoms with Crippen LogP contribution in [0.4, 0.5) is 13.2 Å². The zero-order chi connectivity index (χ0) is 23.1. The maximum atomic E-state index is 13.4. The molecule has 5 nitrogen and oxygen atoms in total. The molecule has 1 amide bonds. The highest BCUT2D eigenvalue weighted by Crippen LogP contribution is 2.38. The minimum atomic E-state index is -4.86. The van der Waals surface area contributed by atoms with E-state index in [2.05, 4.69) is 0 Å². The normalized spacial score (nSPS) is 18.4. The zero-order valence-corrected chi connectivity index (χ0v) is 18.7. The number of halogens is 4. The maximum Gasteiger partial charge on any atom is 0.417 e. The highest BCUT2D eigenvalue weighted by Gasteiger charge is 2.41. The summed E-state index contributed by atoms with van der Waals surface area (Å²) in [4.78, 5) is 14.0. The van der Waals surface area contributed by atoms with Gasteiger partial charge < -0.3 is 4.90 Å². The van der Waals surface area contributed by atoms with Gasteiger partial charge >= 0.3 is 6.18 Å². The van der Waals surface area contributed by atoms with Gasteiger partial charge in [0.05, 0.1) is 10.5 Å². The molecule has 1 saturated heterocycles. The van der Waals surface area contributed by atoms with E-state index in [0.29, 0.717) is 19.2 Å². The van der Waals surface area contributed by atoms with Gasteiger partial charge in [-0.1, -0.05) is 35.9 Å². The summed E-state index contributed by atoms with van der Waals surface area (Å²) < 4.78 is 67.2. The molecule has 0 aliphatic carbocycles. The molecule has 2 aliphatic heterocycles. The van der Waals surface area contributed by atoms with Crippen LogP contribution in [0.5, 0.6) is 0 Å². The van der Waals surface area contributed by atoms with Crippen LogP contribution >= 0.6 is 11.6 Å². The number of carbonyl (C=O) groups excluding carboxylic acids is 1. The van der Waals surface area contributed by atoms with E-state index in [1.54, 1.807) is 4.90 Å². The number of fused-ring (bicyclic) bond motifs is 1. The van der Waals surface area contributed by atoms with Crippen LogP contribution in [0.15, 0.2) is 47.4 Å². The van der Waals surface area contributed by atoms with Gasteiger partial charge in [0.1, 0.15) is 0 Å². The Labute approximate surface area is 189 Å². The van der Waals surface area contributed by atoms with Crippen molar-refractivity contribution in [2.24, 2.45) is 5.92 Å². The molecule has 0 bridgehead atoms. The van der Waals surface area contributed by atoms with Crippen LogP contribution in [0.25, 0.3) is 0 Å². The second kappa shape index (κ2) is 8.68. The van der Waals surface area contributed by atoms with Crippen LogP contribution in [0.2, 0.25) is 5.02 Å². The zero-order valence-electron chi connectivity index (χ0n) is 17.1. The van der Waals surface area contributed by atoms with Crippen molar-refractivity contribution in [3.05, 3.63) is 64.2 Å². The SMILES string of the molecule is O=C(C1CCN(S(=O)(=O)c2ccc(Cl)cc2C(F)(F)F)CC1)N1CCc2ccccc2C1. The van der Waals surface area contributed by atoms with E-state index in [1.807, 2.05) is 24.3 Å². The molecule has 0 radical (unpaired) electrons. The topological polar surface area (TPSA) is 57.7 Å². The third-order valence-corrected chi connectivity index (χ3v) is 8.30. The molecule has 0 unspecified atom stereocenters. The summed E-state index contributed by atoms with van der Waals surface area (Å²) in [6, 6.07) is 10.6. The highest BCUT2D eigenvalue weighted by molar-refractivity contribution is 7.89. The molecule has 10 heteroatoms. The summed E-state index contributed by atoms with van der Waals surface area (Å²) >= 11 is 5.67. The number of amides is 1. The summed E-state index contributed by atoms with van der Waals surface area (Å²) in [7, 11) is -4.38. The van der Waals surface area contributed by atoms with Gasteiger partial charge in [0.15, 0.2) is 0 Å². The number of alkyl halides is 3. The molecule has 0 spiro atoms. The van der Waals surface area contributed by atoms with Crippen molar-refractivity contribution in [2.75, 3.05) is 19.6 Å². The van der Waals surface area contributed by atoms with E-state index in [-0.39, 0.29) is 42.8 Å². The molecule has 2 heterocycles. The van der Waals surface area contributed by atoms with Crippen molar-refractivity contribution < 1.29 is 26.4 Å². The maximum absolute atomic E-state index is 13.4. The number of piperidine rings is 1. The van der Waals surface area contributed by atoms with Gasteiger partial charge in [0.25, 0.3) is 0 Å². The average Bonchev–Trinajstić information content (AvgIpc) is 2.77. The second-order valence-corrected chi connectivity index (χ2v) is 10.4. The second-order valence-electron chi connectivity index (χ2n) is 8.10. The fraction of sp³-hybridized carbons (Fsp3) is 0.409. The summed E-state index contributed by atoms with van der Waals surface area (Å²) in [5, 5.41) is -0.191. The molecule has 172 valence electrons. The molecule has 0 saturated carbocycles. The van der Waals surface area contributed by atoms with E-state index >= 15 is 0 Å². The van der Waals surface area contributed by atoms with Crippen LogP contribution in [0.1, 0.15) is 29.5 Å². The van der Waals surface area contributed by atoms with E-state index in [9.17, 15) is 26.4 Å². The van der Waals surface area contributed by atoms with Gasteiger partial charge in [0, 0.05) is 37.1 Å². The van der Waals surface area contributed by atoms with Crippen molar-refractivity contribution in [1.82, 2.24) is 9.21 Å². The molecule has 2 aromatic rings. The first kappa shape index (κ1) is 23.1. The fourth-order valence-corrected chi connectivity index (χ4v) is 6.21. The van der Waals surface area contributed by atoms with Crippen molar-refractivity contribution in [1.29, 1.82) is 0 Å². The monoisotopic (exact) mass is 486 g/mol. The van der Waals surface area contributed by atoms with Gasteiger partial charge in [-0.2, -0.15) is 17.5 Å². The van der Waals surface area contributed by atoms with Crippen molar-refractivity contribution in [2.45, 2.75) is 36.9 Å². The van der Waals surface area contributed by atoms with Crippen LogP contribution in [0.3, 0.4) is 0 Å². The first-order valence-corrected chi connectivity index (χ1v) is 12.1. The molecule has 1 fully saturated rings. The smallest absolute Gasteiger partial charge is 0.338 e. The number of rotatable bonds is 3. The molecule has 0 aromatic heterocycles. The molecular weight excluding hydrogens is 465 g/mol. The lowest BCUT2D eigenvalue weighted by Crippen LogP contribution is -2.45. The van der Waals surface area contributed by atoms with Gasteiger partial charge in [-0.3, -0.25) is 4.79 Å². The summed E-state index contributed by atoms with van der Waals surface area (Å²) in [6.45, 7) is 1.10. The first-order chi connectivity index (χ1) is 15.1. The first-order valence-electron chi connectivity index (χ1n) is 10.3.